The first kappa shape index (κ1) is 18.4. The maximum atomic E-state index is 13.1. The van der Waals surface area contributed by atoms with Gasteiger partial charge in [-0.2, -0.15) is 18.3 Å². The predicted octanol–water partition coefficient (Wildman–Crippen LogP) is 2.94. The first-order chi connectivity index (χ1) is 11.2. The van der Waals surface area contributed by atoms with E-state index in [-0.39, 0.29) is 18.7 Å². The second kappa shape index (κ2) is 7.31. The number of halogens is 4. The number of aryl methyl sites for hydroxylation is 1. The Bertz CT molecular complexity index is 710. The highest BCUT2D eigenvalue weighted by Gasteiger charge is 2.33. The van der Waals surface area contributed by atoms with Gasteiger partial charge >= 0.3 is 6.18 Å². The van der Waals surface area contributed by atoms with Crippen LogP contribution in [0.25, 0.3) is 0 Å². The molecule has 0 unspecified atom stereocenters. The molecule has 0 bridgehead atoms. The molecule has 1 aromatic heterocycles. The summed E-state index contributed by atoms with van der Waals surface area (Å²) in [5.74, 6) is -0.914. The molecular formula is C16H19F4N3O. The maximum absolute atomic E-state index is 13.1. The van der Waals surface area contributed by atoms with Crippen LogP contribution in [0.5, 0.6) is 0 Å². The van der Waals surface area contributed by atoms with Gasteiger partial charge in [-0.25, -0.2) is 4.39 Å². The van der Waals surface area contributed by atoms with Crippen LogP contribution in [-0.2, 0) is 25.8 Å². The van der Waals surface area contributed by atoms with E-state index in [4.69, 9.17) is 5.11 Å². The molecule has 0 saturated carbocycles. The minimum Gasteiger partial charge on any atom is -0.394 e. The van der Waals surface area contributed by atoms with Gasteiger partial charge in [-0.1, -0.05) is 6.07 Å². The molecule has 24 heavy (non-hydrogen) atoms. The van der Waals surface area contributed by atoms with E-state index in [1.807, 2.05) is 6.92 Å². The Morgan fingerprint density at radius 3 is 2.54 bits per heavy atom. The Morgan fingerprint density at radius 1 is 1.21 bits per heavy atom. The van der Waals surface area contributed by atoms with Gasteiger partial charge in [0.1, 0.15) is 5.82 Å². The van der Waals surface area contributed by atoms with Crippen LogP contribution in [0.2, 0.25) is 0 Å². The standard InChI is InChI=1S/C16H19F4N3O/c1-10-14(11(2)23(22-10)5-6-24)9-21-8-12-3-4-13(17)7-15(12)16(18,19)20/h3-4,7,21,24H,5-6,8-9H2,1-2H3. The van der Waals surface area contributed by atoms with Crippen molar-refractivity contribution in [2.45, 2.75) is 39.7 Å². The topological polar surface area (TPSA) is 50.1 Å². The van der Waals surface area contributed by atoms with Gasteiger partial charge < -0.3 is 10.4 Å². The Labute approximate surface area is 137 Å². The lowest BCUT2D eigenvalue weighted by Crippen LogP contribution is -2.18. The van der Waals surface area contributed by atoms with Gasteiger partial charge in [-0.15, -0.1) is 0 Å². The Kier molecular flexibility index (Phi) is 5.61. The molecule has 2 rings (SSSR count). The average molecular weight is 345 g/mol. The summed E-state index contributed by atoms with van der Waals surface area (Å²) in [6.45, 7) is 4.25. The number of alkyl halides is 3. The van der Waals surface area contributed by atoms with Crippen molar-refractivity contribution in [3.05, 3.63) is 52.1 Å². The molecule has 132 valence electrons. The smallest absolute Gasteiger partial charge is 0.394 e. The van der Waals surface area contributed by atoms with Crippen molar-refractivity contribution in [1.82, 2.24) is 15.1 Å². The summed E-state index contributed by atoms with van der Waals surface area (Å²) >= 11 is 0. The van der Waals surface area contributed by atoms with Crippen molar-refractivity contribution in [3.63, 3.8) is 0 Å². The summed E-state index contributed by atoms with van der Waals surface area (Å²) in [5.41, 5.74) is 1.49. The van der Waals surface area contributed by atoms with Gasteiger partial charge in [0.25, 0.3) is 0 Å². The summed E-state index contributed by atoms with van der Waals surface area (Å²) < 4.78 is 53.6. The molecule has 1 aromatic carbocycles. The SMILES string of the molecule is Cc1nn(CCO)c(C)c1CNCc1ccc(F)cc1C(F)(F)F. The molecule has 0 radical (unpaired) electrons. The van der Waals surface area contributed by atoms with Crippen LogP contribution in [-0.4, -0.2) is 21.5 Å². The normalized spacial score (nSPS) is 12.0. The second-order valence-electron chi connectivity index (χ2n) is 5.50. The lowest BCUT2D eigenvalue weighted by Gasteiger charge is -2.14. The summed E-state index contributed by atoms with van der Waals surface area (Å²) in [5, 5.41) is 16.2. The second-order valence-corrected chi connectivity index (χ2v) is 5.50. The van der Waals surface area contributed by atoms with E-state index in [0.717, 1.165) is 29.1 Å². The third-order valence-corrected chi connectivity index (χ3v) is 3.84. The number of aliphatic hydroxyl groups excluding tert-OH is 1. The molecule has 0 atom stereocenters. The molecule has 0 aliphatic heterocycles. The minimum absolute atomic E-state index is 0.0121. The molecule has 0 fully saturated rings. The quantitative estimate of drug-likeness (QED) is 0.792. The molecule has 8 heteroatoms. The fraction of sp³-hybridized carbons (Fsp3) is 0.438. The molecule has 1 heterocycles. The molecule has 2 N–H and O–H groups in total. The highest BCUT2D eigenvalue weighted by Crippen LogP contribution is 2.32. The van der Waals surface area contributed by atoms with Crippen molar-refractivity contribution in [2.24, 2.45) is 0 Å². The van der Waals surface area contributed by atoms with Gasteiger partial charge in [-0.3, -0.25) is 4.68 Å². The van der Waals surface area contributed by atoms with E-state index in [2.05, 4.69) is 10.4 Å². The van der Waals surface area contributed by atoms with Crippen LogP contribution < -0.4 is 5.32 Å². The van der Waals surface area contributed by atoms with Crippen LogP contribution in [0.4, 0.5) is 17.6 Å². The van der Waals surface area contributed by atoms with Crippen LogP contribution in [0.3, 0.4) is 0 Å². The van der Waals surface area contributed by atoms with Crippen LogP contribution in [0.15, 0.2) is 18.2 Å². The van der Waals surface area contributed by atoms with E-state index in [1.54, 1.807) is 11.6 Å². The van der Waals surface area contributed by atoms with Gasteiger partial charge in [0.05, 0.1) is 24.4 Å². The maximum Gasteiger partial charge on any atom is 0.416 e. The zero-order chi connectivity index (χ0) is 17.9. The minimum atomic E-state index is -4.60. The summed E-state index contributed by atoms with van der Waals surface area (Å²) in [7, 11) is 0. The molecule has 0 amide bonds. The average Bonchev–Trinajstić information content (AvgIpc) is 2.75. The van der Waals surface area contributed by atoms with E-state index in [1.165, 1.54) is 0 Å². The van der Waals surface area contributed by atoms with Gasteiger partial charge in [0, 0.05) is 24.3 Å². The van der Waals surface area contributed by atoms with E-state index >= 15 is 0 Å². The first-order valence-electron chi connectivity index (χ1n) is 7.44. The lowest BCUT2D eigenvalue weighted by atomic mass is 10.1. The van der Waals surface area contributed by atoms with Crippen LogP contribution in [0.1, 0.15) is 28.1 Å². The van der Waals surface area contributed by atoms with E-state index < -0.39 is 17.6 Å². The molecular weight excluding hydrogens is 326 g/mol. The number of aliphatic hydroxyl groups is 1. The summed E-state index contributed by atoms with van der Waals surface area (Å²) in [6, 6.07) is 2.66. The Hall–Kier alpha value is -1.93. The van der Waals surface area contributed by atoms with Crippen molar-refractivity contribution in [1.29, 1.82) is 0 Å². The van der Waals surface area contributed by atoms with Crippen molar-refractivity contribution in [2.75, 3.05) is 6.61 Å². The number of hydrogen-bond donors (Lipinski definition) is 2. The first-order valence-corrected chi connectivity index (χ1v) is 7.44. The Morgan fingerprint density at radius 2 is 1.92 bits per heavy atom. The van der Waals surface area contributed by atoms with Gasteiger partial charge in [-0.05, 0) is 31.5 Å². The molecule has 4 nitrogen and oxygen atoms in total. The van der Waals surface area contributed by atoms with E-state index in [9.17, 15) is 17.6 Å². The van der Waals surface area contributed by atoms with Crippen LogP contribution >= 0.6 is 0 Å². The third kappa shape index (κ3) is 4.12. The highest BCUT2D eigenvalue weighted by atomic mass is 19.4. The van der Waals surface area contributed by atoms with Crippen molar-refractivity contribution < 1.29 is 22.7 Å². The number of aromatic nitrogens is 2. The monoisotopic (exact) mass is 345 g/mol. The number of nitrogens with one attached hydrogen (secondary N) is 1. The molecule has 0 aliphatic rings. The molecule has 2 aromatic rings. The van der Waals surface area contributed by atoms with Gasteiger partial charge in [0.2, 0.25) is 0 Å². The van der Waals surface area contributed by atoms with Crippen molar-refractivity contribution in [3.8, 4) is 0 Å². The zero-order valence-corrected chi connectivity index (χ0v) is 13.4. The zero-order valence-electron chi connectivity index (χ0n) is 13.4. The third-order valence-electron chi connectivity index (χ3n) is 3.84. The largest absolute Gasteiger partial charge is 0.416 e. The summed E-state index contributed by atoms with van der Waals surface area (Å²) in [6.07, 6.45) is -4.60. The van der Waals surface area contributed by atoms with Gasteiger partial charge in [0.15, 0.2) is 0 Å². The number of rotatable bonds is 6. The van der Waals surface area contributed by atoms with E-state index in [0.29, 0.717) is 19.2 Å². The molecule has 0 spiro atoms. The molecule has 0 aliphatic carbocycles. The van der Waals surface area contributed by atoms with Crippen LogP contribution in [0, 0.1) is 19.7 Å². The number of benzene rings is 1. The predicted molar refractivity (Wildman–Crippen MR) is 80.7 cm³/mol. The molecule has 0 saturated heterocycles. The highest BCUT2D eigenvalue weighted by molar-refractivity contribution is 5.31. The number of nitrogens with zero attached hydrogens (tertiary/aromatic N) is 2. The van der Waals surface area contributed by atoms with Crippen molar-refractivity contribution >= 4 is 0 Å². The Balaban J connectivity index is 2.11. The lowest BCUT2D eigenvalue weighted by molar-refractivity contribution is -0.138. The summed E-state index contributed by atoms with van der Waals surface area (Å²) in [4.78, 5) is 0. The fourth-order valence-electron chi connectivity index (χ4n) is 2.59. The number of hydrogen-bond acceptors (Lipinski definition) is 3. The fourth-order valence-corrected chi connectivity index (χ4v) is 2.59.